The molecule has 16 heavy (non-hydrogen) atoms. The fourth-order valence-electron chi connectivity index (χ4n) is 2.06. The quantitative estimate of drug-likeness (QED) is 0.773. The molecule has 1 nitrogen and oxygen atoms in total. The second kappa shape index (κ2) is 5.05. The van der Waals surface area contributed by atoms with Crippen LogP contribution in [0.5, 0.6) is 0 Å². The molecule has 0 amide bonds. The number of thioether (sulfide) groups is 1. The van der Waals surface area contributed by atoms with Crippen molar-refractivity contribution in [2.24, 2.45) is 5.92 Å². The van der Waals surface area contributed by atoms with Crippen LogP contribution in [0.25, 0.3) is 0 Å². The van der Waals surface area contributed by atoms with Crippen molar-refractivity contribution in [1.29, 1.82) is 0 Å². The molecule has 0 heterocycles. The van der Waals surface area contributed by atoms with Crippen LogP contribution in [0.2, 0.25) is 0 Å². The Labute approximate surface area is 102 Å². The Morgan fingerprint density at radius 1 is 1.25 bits per heavy atom. The van der Waals surface area contributed by atoms with E-state index in [1.54, 1.807) is 11.8 Å². The van der Waals surface area contributed by atoms with Crippen LogP contribution < -0.4 is 0 Å². The number of aryl methyl sites for hydroxylation is 1. The molecule has 86 valence electrons. The van der Waals surface area contributed by atoms with Crippen molar-refractivity contribution in [1.82, 2.24) is 0 Å². The minimum absolute atomic E-state index is 0.187. The minimum atomic E-state index is 0.187. The smallest absolute Gasteiger partial charge is 0.146 e. The van der Waals surface area contributed by atoms with Gasteiger partial charge in [0.2, 0.25) is 0 Å². The average molecular weight is 234 g/mol. The predicted molar refractivity (Wildman–Crippen MR) is 68.8 cm³/mol. The van der Waals surface area contributed by atoms with Crippen molar-refractivity contribution in [3.63, 3.8) is 0 Å². The molecule has 1 saturated carbocycles. The number of rotatable bonds is 2. The molecule has 1 aliphatic carbocycles. The number of hydrogen-bond acceptors (Lipinski definition) is 2. The zero-order chi connectivity index (χ0) is 11.5. The topological polar surface area (TPSA) is 17.1 Å². The van der Waals surface area contributed by atoms with Gasteiger partial charge in [0, 0.05) is 11.3 Å². The van der Waals surface area contributed by atoms with Gasteiger partial charge in [-0.25, -0.2) is 0 Å². The van der Waals surface area contributed by atoms with Crippen LogP contribution in [0.3, 0.4) is 0 Å². The van der Waals surface area contributed by atoms with Crippen molar-refractivity contribution < 1.29 is 4.79 Å². The summed E-state index contributed by atoms with van der Waals surface area (Å²) >= 11 is 1.74. The molecule has 0 aliphatic heterocycles. The lowest BCUT2D eigenvalue weighted by Crippen LogP contribution is -2.25. The molecule has 0 N–H and O–H groups in total. The average Bonchev–Trinajstić information content (AvgIpc) is 2.27. The normalized spacial score (nSPS) is 25.8. The van der Waals surface area contributed by atoms with Gasteiger partial charge in [-0.2, -0.15) is 0 Å². The number of ketones is 1. The fourth-order valence-corrected chi connectivity index (χ4v) is 3.36. The summed E-state index contributed by atoms with van der Waals surface area (Å²) in [6.45, 7) is 4.33. The Kier molecular flexibility index (Phi) is 3.70. The van der Waals surface area contributed by atoms with Crippen LogP contribution in [0.4, 0.5) is 0 Å². The van der Waals surface area contributed by atoms with E-state index in [1.165, 1.54) is 10.5 Å². The maximum absolute atomic E-state index is 11.8. The van der Waals surface area contributed by atoms with Gasteiger partial charge >= 0.3 is 0 Å². The van der Waals surface area contributed by atoms with Crippen molar-refractivity contribution in [2.45, 2.75) is 43.3 Å². The summed E-state index contributed by atoms with van der Waals surface area (Å²) in [5, 5.41) is 0.187. The van der Waals surface area contributed by atoms with Crippen LogP contribution in [0.15, 0.2) is 29.2 Å². The molecule has 2 heteroatoms. The number of Topliss-reactive ketones (excluding diaryl/α,β-unsaturated/α-hetero) is 1. The SMILES string of the molecule is Cc1ccc(SC2CC(C)CCC2=O)cc1. The molecular weight excluding hydrogens is 216 g/mol. The number of benzene rings is 1. The van der Waals surface area contributed by atoms with E-state index in [0.717, 1.165) is 19.3 Å². The summed E-state index contributed by atoms with van der Waals surface area (Å²) in [6.07, 6.45) is 2.88. The van der Waals surface area contributed by atoms with E-state index in [1.807, 2.05) is 0 Å². The molecular formula is C14H18OS. The first kappa shape index (κ1) is 11.7. The highest BCUT2D eigenvalue weighted by Gasteiger charge is 2.26. The van der Waals surface area contributed by atoms with Crippen LogP contribution >= 0.6 is 11.8 Å². The van der Waals surface area contributed by atoms with Crippen molar-refractivity contribution in [3.8, 4) is 0 Å². The van der Waals surface area contributed by atoms with Gasteiger partial charge in [-0.3, -0.25) is 4.79 Å². The molecule has 2 atom stereocenters. The zero-order valence-electron chi connectivity index (χ0n) is 9.90. The predicted octanol–water partition coefficient (Wildman–Crippen LogP) is 3.84. The standard InChI is InChI=1S/C14H18OS/c1-10-3-6-12(7-4-10)16-14-9-11(2)5-8-13(14)15/h3-4,6-7,11,14H,5,8-9H2,1-2H3. The van der Waals surface area contributed by atoms with Crippen molar-refractivity contribution in [2.75, 3.05) is 0 Å². The van der Waals surface area contributed by atoms with Gasteiger partial charge in [0.1, 0.15) is 5.78 Å². The first-order valence-electron chi connectivity index (χ1n) is 5.91. The Bertz CT molecular complexity index is 369. The number of carbonyl (C=O) groups excluding carboxylic acids is 1. The van der Waals surface area contributed by atoms with E-state index in [9.17, 15) is 4.79 Å². The lowest BCUT2D eigenvalue weighted by molar-refractivity contribution is -0.120. The molecule has 1 aromatic carbocycles. The fraction of sp³-hybridized carbons (Fsp3) is 0.500. The molecule has 0 saturated heterocycles. The highest BCUT2D eigenvalue weighted by Crippen LogP contribution is 2.34. The molecule has 0 radical (unpaired) electrons. The van der Waals surface area contributed by atoms with Gasteiger partial charge in [-0.05, 0) is 37.8 Å². The van der Waals surface area contributed by atoms with Crippen LogP contribution in [-0.4, -0.2) is 11.0 Å². The summed E-state index contributed by atoms with van der Waals surface area (Å²) < 4.78 is 0. The number of carbonyl (C=O) groups is 1. The Hall–Kier alpha value is -0.760. The van der Waals surface area contributed by atoms with E-state index in [0.29, 0.717) is 11.7 Å². The largest absolute Gasteiger partial charge is 0.298 e. The van der Waals surface area contributed by atoms with E-state index in [2.05, 4.69) is 38.1 Å². The summed E-state index contributed by atoms with van der Waals surface area (Å²) in [5.41, 5.74) is 1.27. The molecule has 2 rings (SSSR count). The lowest BCUT2D eigenvalue weighted by Gasteiger charge is -2.25. The molecule has 1 aromatic rings. The van der Waals surface area contributed by atoms with Gasteiger partial charge in [0.25, 0.3) is 0 Å². The molecule has 1 aliphatic rings. The summed E-state index contributed by atoms with van der Waals surface area (Å²) in [4.78, 5) is 13.0. The second-order valence-electron chi connectivity index (χ2n) is 4.77. The number of hydrogen-bond donors (Lipinski definition) is 0. The molecule has 1 fully saturated rings. The van der Waals surface area contributed by atoms with E-state index in [-0.39, 0.29) is 5.25 Å². The van der Waals surface area contributed by atoms with Gasteiger partial charge < -0.3 is 0 Å². The van der Waals surface area contributed by atoms with Gasteiger partial charge in [-0.15, -0.1) is 11.8 Å². The highest BCUT2D eigenvalue weighted by molar-refractivity contribution is 8.00. The first-order valence-corrected chi connectivity index (χ1v) is 6.79. The molecule has 2 unspecified atom stereocenters. The first-order chi connectivity index (χ1) is 7.65. The minimum Gasteiger partial charge on any atom is -0.298 e. The highest BCUT2D eigenvalue weighted by atomic mass is 32.2. The third-order valence-corrected chi connectivity index (χ3v) is 4.44. The maximum atomic E-state index is 11.8. The third-order valence-electron chi connectivity index (χ3n) is 3.16. The van der Waals surface area contributed by atoms with Crippen LogP contribution in [-0.2, 0) is 4.79 Å². The van der Waals surface area contributed by atoms with Crippen LogP contribution in [0, 0.1) is 12.8 Å². The summed E-state index contributed by atoms with van der Waals surface area (Å²) in [7, 11) is 0. The van der Waals surface area contributed by atoms with E-state index < -0.39 is 0 Å². The molecule has 0 spiro atoms. The van der Waals surface area contributed by atoms with E-state index in [4.69, 9.17) is 0 Å². The van der Waals surface area contributed by atoms with Gasteiger partial charge in [-0.1, -0.05) is 24.6 Å². The maximum Gasteiger partial charge on any atom is 0.146 e. The van der Waals surface area contributed by atoms with Gasteiger partial charge in [0.15, 0.2) is 0 Å². The zero-order valence-corrected chi connectivity index (χ0v) is 10.7. The Morgan fingerprint density at radius 2 is 1.94 bits per heavy atom. The summed E-state index contributed by atoms with van der Waals surface area (Å²) in [6, 6.07) is 8.46. The van der Waals surface area contributed by atoms with Crippen molar-refractivity contribution >= 4 is 17.5 Å². The van der Waals surface area contributed by atoms with E-state index >= 15 is 0 Å². The lowest BCUT2D eigenvalue weighted by atomic mass is 9.90. The third kappa shape index (κ3) is 2.88. The van der Waals surface area contributed by atoms with Crippen molar-refractivity contribution in [3.05, 3.63) is 29.8 Å². The second-order valence-corrected chi connectivity index (χ2v) is 6.04. The molecule has 0 aromatic heterocycles. The monoisotopic (exact) mass is 234 g/mol. The van der Waals surface area contributed by atoms with Crippen LogP contribution in [0.1, 0.15) is 31.7 Å². The summed E-state index contributed by atoms with van der Waals surface area (Å²) in [5.74, 6) is 1.13. The Balaban J connectivity index is 2.02. The molecule has 0 bridgehead atoms. The van der Waals surface area contributed by atoms with Gasteiger partial charge in [0.05, 0.1) is 5.25 Å². The Morgan fingerprint density at radius 3 is 2.62 bits per heavy atom.